The van der Waals surface area contributed by atoms with Gasteiger partial charge in [-0.2, -0.15) is 5.10 Å². The second-order valence-electron chi connectivity index (χ2n) is 6.73. The zero-order chi connectivity index (χ0) is 16.1. The monoisotopic (exact) mass is 306 g/mol. The van der Waals surface area contributed by atoms with E-state index in [4.69, 9.17) is 0 Å². The van der Waals surface area contributed by atoms with Gasteiger partial charge >= 0.3 is 0 Å². The Morgan fingerprint density at radius 2 is 2.09 bits per heavy atom. The minimum Gasteiger partial charge on any atom is -0.350 e. The summed E-state index contributed by atoms with van der Waals surface area (Å²) in [5.74, 6) is 0.948. The van der Waals surface area contributed by atoms with E-state index in [1.54, 1.807) is 4.68 Å². The van der Waals surface area contributed by atoms with Crippen LogP contribution in [0.3, 0.4) is 0 Å². The zero-order valence-electron chi connectivity index (χ0n) is 14.4. The van der Waals surface area contributed by atoms with E-state index in [1.807, 2.05) is 13.1 Å². The Balaban J connectivity index is 1.81. The molecule has 5 nitrogen and oxygen atoms in total. The number of aryl methyl sites for hydroxylation is 1. The molecule has 1 aromatic heterocycles. The Bertz CT molecular complexity index is 487. The van der Waals surface area contributed by atoms with Gasteiger partial charge < -0.3 is 10.2 Å². The van der Waals surface area contributed by atoms with Crippen LogP contribution in [0.1, 0.15) is 62.1 Å². The normalized spacial score (nSPS) is 17.1. The fourth-order valence-electron chi connectivity index (χ4n) is 3.04. The maximum absolute atomic E-state index is 12.3. The van der Waals surface area contributed by atoms with Gasteiger partial charge in [0.1, 0.15) is 5.69 Å². The molecule has 1 fully saturated rings. The number of nitrogens with zero attached hydrogens (tertiary/aromatic N) is 3. The van der Waals surface area contributed by atoms with Gasteiger partial charge in [0.05, 0.1) is 5.69 Å². The summed E-state index contributed by atoms with van der Waals surface area (Å²) in [4.78, 5) is 14.9. The van der Waals surface area contributed by atoms with Crippen molar-refractivity contribution in [2.75, 3.05) is 26.2 Å². The number of hydrogen-bond acceptors (Lipinski definition) is 3. The van der Waals surface area contributed by atoms with Crippen molar-refractivity contribution in [3.05, 3.63) is 17.5 Å². The summed E-state index contributed by atoms with van der Waals surface area (Å²) < 4.78 is 1.69. The lowest BCUT2D eigenvalue weighted by atomic mass is 9.96. The van der Waals surface area contributed by atoms with E-state index in [0.717, 1.165) is 25.3 Å². The Labute approximate surface area is 134 Å². The largest absolute Gasteiger partial charge is 0.350 e. The lowest BCUT2D eigenvalue weighted by Gasteiger charge is -2.31. The van der Waals surface area contributed by atoms with Gasteiger partial charge in [-0.1, -0.05) is 20.8 Å². The van der Waals surface area contributed by atoms with E-state index in [-0.39, 0.29) is 5.91 Å². The average molecular weight is 306 g/mol. The van der Waals surface area contributed by atoms with Crippen LogP contribution < -0.4 is 5.32 Å². The first-order chi connectivity index (χ1) is 10.5. The molecule has 1 aliphatic rings. The Morgan fingerprint density at radius 1 is 1.41 bits per heavy atom. The molecule has 1 aliphatic heterocycles. The highest BCUT2D eigenvalue weighted by atomic mass is 16.2. The van der Waals surface area contributed by atoms with Crippen LogP contribution in [-0.4, -0.2) is 46.8 Å². The molecule has 2 heterocycles. The molecule has 1 N–H and O–H groups in total. The topological polar surface area (TPSA) is 50.2 Å². The summed E-state index contributed by atoms with van der Waals surface area (Å²) in [6, 6.07) is 1.91. The molecule has 0 spiro atoms. The molecule has 124 valence electrons. The summed E-state index contributed by atoms with van der Waals surface area (Å²) in [6.07, 6.45) is 3.59. The molecule has 0 aliphatic carbocycles. The predicted octanol–water partition coefficient (Wildman–Crippen LogP) is 2.40. The van der Waals surface area contributed by atoms with Gasteiger partial charge in [0.25, 0.3) is 5.91 Å². The lowest BCUT2D eigenvalue weighted by Crippen LogP contribution is -2.39. The molecular weight excluding hydrogens is 276 g/mol. The second-order valence-corrected chi connectivity index (χ2v) is 6.73. The molecule has 0 atom stereocenters. The molecule has 2 rings (SSSR count). The number of amides is 1. The van der Waals surface area contributed by atoms with Crippen LogP contribution in [0, 0.1) is 5.92 Å². The predicted molar refractivity (Wildman–Crippen MR) is 89.1 cm³/mol. The molecule has 1 aromatic rings. The van der Waals surface area contributed by atoms with Crippen molar-refractivity contribution in [1.82, 2.24) is 20.0 Å². The van der Waals surface area contributed by atoms with E-state index in [2.05, 4.69) is 36.1 Å². The summed E-state index contributed by atoms with van der Waals surface area (Å²) in [5, 5.41) is 7.50. The van der Waals surface area contributed by atoms with Crippen molar-refractivity contribution < 1.29 is 4.79 Å². The SMILES string of the molecule is CCCN1CCC(CNC(=O)c2cc(C(C)C)nn2C)CC1. The fraction of sp³-hybridized carbons (Fsp3) is 0.765. The minimum absolute atomic E-state index is 0.00196. The first kappa shape index (κ1) is 17.0. The summed E-state index contributed by atoms with van der Waals surface area (Å²) in [5.41, 5.74) is 1.63. The number of carbonyl (C=O) groups excluding carboxylic acids is 1. The number of rotatable bonds is 6. The Kier molecular flexibility index (Phi) is 6.00. The van der Waals surface area contributed by atoms with Gasteiger partial charge in [0.2, 0.25) is 0 Å². The van der Waals surface area contributed by atoms with Gasteiger partial charge in [0.15, 0.2) is 0 Å². The number of carbonyl (C=O) groups is 1. The molecule has 1 amide bonds. The van der Waals surface area contributed by atoms with Gasteiger partial charge in [-0.05, 0) is 56.8 Å². The molecular formula is C17H30N4O. The highest BCUT2D eigenvalue weighted by Crippen LogP contribution is 2.17. The third-order valence-electron chi connectivity index (χ3n) is 4.52. The lowest BCUT2D eigenvalue weighted by molar-refractivity contribution is 0.0927. The second kappa shape index (κ2) is 7.77. The van der Waals surface area contributed by atoms with E-state index >= 15 is 0 Å². The van der Waals surface area contributed by atoms with Crippen LogP contribution in [0.5, 0.6) is 0 Å². The minimum atomic E-state index is -0.00196. The number of piperidine rings is 1. The smallest absolute Gasteiger partial charge is 0.269 e. The van der Waals surface area contributed by atoms with E-state index < -0.39 is 0 Å². The third-order valence-corrected chi connectivity index (χ3v) is 4.52. The van der Waals surface area contributed by atoms with Crippen molar-refractivity contribution in [3.63, 3.8) is 0 Å². The highest BCUT2D eigenvalue weighted by molar-refractivity contribution is 5.92. The molecule has 0 unspecified atom stereocenters. The number of nitrogens with one attached hydrogen (secondary N) is 1. The van der Waals surface area contributed by atoms with Gasteiger partial charge in [-0.3, -0.25) is 9.48 Å². The highest BCUT2D eigenvalue weighted by Gasteiger charge is 2.20. The molecule has 1 saturated heterocycles. The maximum Gasteiger partial charge on any atom is 0.269 e. The van der Waals surface area contributed by atoms with Crippen molar-refractivity contribution in [3.8, 4) is 0 Å². The molecule has 0 saturated carbocycles. The van der Waals surface area contributed by atoms with Crippen LogP contribution in [0.25, 0.3) is 0 Å². The van der Waals surface area contributed by atoms with Crippen molar-refractivity contribution >= 4 is 5.91 Å². The van der Waals surface area contributed by atoms with Crippen LogP contribution in [0.2, 0.25) is 0 Å². The third kappa shape index (κ3) is 4.32. The van der Waals surface area contributed by atoms with Gasteiger partial charge in [-0.15, -0.1) is 0 Å². The summed E-state index contributed by atoms with van der Waals surface area (Å²) in [7, 11) is 1.84. The van der Waals surface area contributed by atoms with E-state index in [0.29, 0.717) is 17.5 Å². The molecule has 0 aromatic carbocycles. The first-order valence-corrected chi connectivity index (χ1v) is 8.55. The number of aromatic nitrogens is 2. The molecule has 22 heavy (non-hydrogen) atoms. The van der Waals surface area contributed by atoms with Crippen molar-refractivity contribution in [2.24, 2.45) is 13.0 Å². The first-order valence-electron chi connectivity index (χ1n) is 8.55. The Hall–Kier alpha value is -1.36. The van der Waals surface area contributed by atoms with Crippen LogP contribution in [0.15, 0.2) is 6.07 Å². The fourth-order valence-corrected chi connectivity index (χ4v) is 3.04. The van der Waals surface area contributed by atoms with E-state index in [9.17, 15) is 4.79 Å². The van der Waals surface area contributed by atoms with Gasteiger partial charge in [-0.25, -0.2) is 0 Å². The Morgan fingerprint density at radius 3 is 2.64 bits per heavy atom. The standard InChI is InChI=1S/C17H30N4O/c1-5-8-21-9-6-14(7-10-21)12-18-17(22)16-11-15(13(2)3)19-20(16)4/h11,13-14H,5-10,12H2,1-4H3,(H,18,22). The summed E-state index contributed by atoms with van der Waals surface area (Å²) >= 11 is 0. The zero-order valence-corrected chi connectivity index (χ0v) is 14.4. The summed E-state index contributed by atoms with van der Waals surface area (Å²) in [6.45, 7) is 10.7. The molecule has 5 heteroatoms. The quantitative estimate of drug-likeness (QED) is 0.878. The number of likely N-dealkylation sites (tertiary alicyclic amines) is 1. The van der Waals surface area contributed by atoms with Crippen LogP contribution in [0.4, 0.5) is 0 Å². The average Bonchev–Trinajstić information content (AvgIpc) is 2.89. The molecule has 0 bridgehead atoms. The van der Waals surface area contributed by atoms with E-state index in [1.165, 1.54) is 25.8 Å². The van der Waals surface area contributed by atoms with Gasteiger partial charge in [0, 0.05) is 13.6 Å². The maximum atomic E-state index is 12.3. The number of hydrogen-bond donors (Lipinski definition) is 1. The van der Waals surface area contributed by atoms with Crippen molar-refractivity contribution in [2.45, 2.75) is 46.0 Å². The van der Waals surface area contributed by atoms with Crippen molar-refractivity contribution in [1.29, 1.82) is 0 Å². The van der Waals surface area contributed by atoms with Crippen LogP contribution >= 0.6 is 0 Å². The van der Waals surface area contributed by atoms with Crippen LogP contribution in [-0.2, 0) is 7.05 Å². The molecule has 0 radical (unpaired) electrons.